The number of phenolic OH excluding ortho intramolecular Hbond substituents is 1. The highest BCUT2D eigenvalue weighted by Gasteiger charge is 2.28. The molecule has 0 unspecified atom stereocenters. The summed E-state index contributed by atoms with van der Waals surface area (Å²) in [7, 11) is -3.64. The van der Waals surface area contributed by atoms with E-state index < -0.39 is 15.9 Å². The molecule has 1 amide bonds. The number of hydrogen-bond donors (Lipinski definition) is 2. The number of furan rings is 1. The highest BCUT2D eigenvalue weighted by Crippen LogP contribution is 2.30. The second-order valence-electron chi connectivity index (χ2n) is 6.46. The molecule has 0 radical (unpaired) electrons. The SMILES string of the molecule is Cc1oc(C)c(C(=O)Nc2cc(S(=O)(=O)N3CCCC3)ccc2O)c1C. The maximum Gasteiger partial charge on any atom is 0.259 e. The number of carbonyl (C=O) groups is 1. The maximum atomic E-state index is 12.7. The minimum absolute atomic E-state index is 0.0457. The fourth-order valence-corrected chi connectivity index (χ4v) is 4.71. The number of amides is 1. The lowest BCUT2D eigenvalue weighted by molar-refractivity contribution is 0.102. The number of nitrogens with one attached hydrogen (secondary N) is 1. The summed E-state index contributed by atoms with van der Waals surface area (Å²) in [4.78, 5) is 12.6. The van der Waals surface area contributed by atoms with Gasteiger partial charge in [-0.2, -0.15) is 4.31 Å². The lowest BCUT2D eigenvalue weighted by Gasteiger charge is -2.16. The van der Waals surface area contributed by atoms with Crippen molar-refractivity contribution in [3.05, 3.63) is 40.8 Å². The number of aromatic hydroxyl groups is 1. The van der Waals surface area contributed by atoms with Gasteiger partial charge in [-0.15, -0.1) is 0 Å². The molecule has 1 aliphatic rings. The normalized spacial score (nSPS) is 15.3. The average Bonchev–Trinajstić information content (AvgIpc) is 3.19. The van der Waals surface area contributed by atoms with E-state index in [-0.39, 0.29) is 16.3 Å². The van der Waals surface area contributed by atoms with E-state index in [9.17, 15) is 18.3 Å². The molecule has 2 aromatic rings. The molecule has 140 valence electrons. The number of rotatable bonds is 4. The second-order valence-corrected chi connectivity index (χ2v) is 8.40. The molecule has 7 nitrogen and oxygen atoms in total. The van der Waals surface area contributed by atoms with Crippen molar-refractivity contribution >= 4 is 21.6 Å². The van der Waals surface area contributed by atoms with Crippen LogP contribution in [0.25, 0.3) is 0 Å². The van der Waals surface area contributed by atoms with Gasteiger partial charge in [0.05, 0.1) is 16.1 Å². The van der Waals surface area contributed by atoms with Gasteiger partial charge in [0, 0.05) is 18.7 Å². The summed E-state index contributed by atoms with van der Waals surface area (Å²) in [5.41, 5.74) is 1.14. The van der Waals surface area contributed by atoms with Crippen LogP contribution < -0.4 is 5.32 Å². The first-order chi connectivity index (χ1) is 12.2. The van der Waals surface area contributed by atoms with Gasteiger partial charge in [-0.1, -0.05) is 0 Å². The monoisotopic (exact) mass is 378 g/mol. The van der Waals surface area contributed by atoms with Crippen molar-refractivity contribution in [3.8, 4) is 5.75 Å². The van der Waals surface area contributed by atoms with E-state index in [1.54, 1.807) is 20.8 Å². The van der Waals surface area contributed by atoms with Gasteiger partial charge in [0.1, 0.15) is 17.3 Å². The van der Waals surface area contributed by atoms with Gasteiger partial charge >= 0.3 is 0 Å². The molecule has 1 saturated heterocycles. The predicted octanol–water partition coefficient (Wildman–Crippen LogP) is 2.95. The van der Waals surface area contributed by atoms with E-state index >= 15 is 0 Å². The highest BCUT2D eigenvalue weighted by molar-refractivity contribution is 7.89. The minimum atomic E-state index is -3.64. The lowest BCUT2D eigenvalue weighted by atomic mass is 10.1. The average molecular weight is 378 g/mol. The Balaban J connectivity index is 1.92. The second kappa shape index (κ2) is 6.77. The zero-order chi connectivity index (χ0) is 19.1. The summed E-state index contributed by atoms with van der Waals surface area (Å²) in [5, 5.41) is 12.7. The molecule has 1 aromatic heterocycles. The van der Waals surface area contributed by atoms with Crippen LogP contribution in [0.2, 0.25) is 0 Å². The van der Waals surface area contributed by atoms with E-state index in [0.717, 1.165) is 12.8 Å². The Kier molecular flexibility index (Phi) is 4.81. The molecule has 0 spiro atoms. The van der Waals surface area contributed by atoms with Crippen molar-refractivity contribution in [1.82, 2.24) is 4.31 Å². The van der Waals surface area contributed by atoms with Crippen LogP contribution in [-0.4, -0.2) is 36.8 Å². The molecule has 1 fully saturated rings. The van der Waals surface area contributed by atoms with Gasteiger partial charge in [-0.05, 0) is 51.8 Å². The summed E-state index contributed by atoms with van der Waals surface area (Å²) >= 11 is 0. The molecule has 0 aliphatic carbocycles. The van der Waals surface area contributed by atoms with Crippen LogP contribution in [0.15, 0.2) is 27.5 Å². The summed E-state index contributed by atoms with van der Waals surface area (Å²) < 4.78 is 32.2. The van der Waals surface area contributed by atoms with Crippen molar-refractivity contribution in [3.63, 3.8) is 0 Å². The Bertz CT molecular complexity index is 956. The third-order valence-electron chi connectivity index (χ3n) is 4.71. The summed E-state index contributed by atoms with van der Waals surface area (Å²) in [5.74, 6) is 0.456. The third kappa shape index (κ3) is 3.22. The molecular formula is C18H22N2O5S. The number of nitrogens with zero attached hydrogens (tertiary/aromatic N) is 1. The number of benzene rings is 1. The summed E-state index contributed by atoms with van der Waals surface area (Å²) in [6, 6.07) is 3.91. The molecule has 1 aromatic carbocycles. The molecule has 1 aliphatic heterocycles. The van der Waals surface area contributed by atoms with Crippen LogP contribution in [0, 0.1) is 20.8 Å². The quantitative estimate of drug-likeness (QED) is 0.797. The molecule has 26 heavy (non-hydrogen) atoms. The fourth-order valence-electron chi connectivity index (χ4n) is 3.17. The Hall–Kier alpha value is -2.32. The van der Waals surface area contributed by atoms with Crippen LogP contribution in [0.4, 0.5) is 5.69 Å². The largest absolute Gasteiger partial charge is 0.506 e. The number of carbonyl (C=O) groups excluding carboxylic acids is 1. The predicted molar refractivity (Wildman–Crippen MR) is 97.0 cm³/mol. The smallest absolute Gasteiger partial charge is 0.259 e. The summed E-state index contributed by atoms with van der Waals surface area (Å²) in [6.45, 7) is 6.19. The zero-order valence-corrected chi connectivity index (χ0v) is 15.8. The van der Waals surface area contributed by atoms with E-state index in [2.05, 4.69) is 5.32 Å². The maximum absolute atomic E-state index is 12.7. The number of phenols is 1. The highest BCUT2D eigenvalue weighted by atomic mass is 32.2. The standard InChI is InChI=1S/C18H22N2O5S/c1-11-12(2)25-13(3)17(11)18(22)19-15-10-14(6-7-16(15)21)26(23,24)20-8-4-5-9-20/h6-7,10,21H,4-5,8-9H2,1-3H3,(H,19,22). The zero-order valence-electron chi connectivity index (χ0n) is 15.0. The van der Waals surface area contributed by atoms with Crippen LogP contribution in [0.3, 0.4) is 0 Å². The minimum Gasteiger partial charge on any atom is -0.506 e. The molecule has 0 saturated carbocycles. The van der Waals surface area contributed by atoms with Crippen LogP contribution in [0.1, 0.15) is 40.3 Å². The first-order valence-electron chi connectivity index (χ1n) is 8.43. The number of hydrogen-bond acceptors (Lipinski definition) is 5. The Morgan fingerprint density at radius 1 is 1.15 bits per heavy atom. The van der Waals surface area contributed by atoms with E-state index in [4.69, 9.17) is 4.42 Å². The van der Waals surface area contributed by atoms with Crippen molar-refractivity contribution in [2.24, 2.45) is 0 Å². The first-order valence-corrected chi connectivity index (χ1v) is 9.87. The van der Waals surface area contributed by atoms with Gasteiger partial charge in [0.15, 0.2) is 0 Å². The molecule has 8 heteroatoms. The van der Waals surface area contributed by atoms with Crippen molar-refractivity contribution < 1.29 is 22.7 Å². The Morgan fingerprint density at radius 2 is 1.81 bits per heavy atom. The van der Waals surface area contributed by atoms with E-state index in [0.29, 0.717) is 35.7 Å². The lowest BCUT2D eigenvalue weighted by Crippen LogP contribution is -2.28. The van der Waals surface area contributed by atoms with Crippen LogP contribution >= 0.6 is 0 Å². The van der Waals surface area contributed by atoms with Gasteiger partial charge in [-0.3, -0.25) is 4.79 Å². The van der Waals surface area contributed by atoms with Gasteiger partial charge < -0.3 is 14.8 Å². The van der Waals surface area contributed by atoms with Crippen molar-refractivity contribution in [2.75, 3.05) is 18.4 Å². The third-order valence-corrected chi connectivity index (χ3v) is 6.60. The van der Waals surface area contributed by atoms with E-state index in [1.807, 2.05) is 0 Å². The Morgan fingerprint density at radius 3 is 2.38 bits per heavy atom. The molecule has 0 atom stereocenters. The molecule has 2 N–H and O–H groups in total. The topological polar surface area (TPSA) is 99.8 Å². The molecule has 0 bridgehead atoms. The first kappa shape index (κ1) is 18.5. The number of aryl methyl sites for hydroxylation is 2. The Labute approximate surface area is 152 Å². The van der Waals surface area contributed by atoms with Crippen LogP contribution in [-0.2, 0) is 10.0 Å². The van der Waals surface area contributed by atoms with Gasteiger partial charge in [0.2, 0.25) is 10.0 Å². The molecule has 2 heterocycles. The van der Waals surface area contributed by atoms with Crippen molar-refractivity contribution in [2.45, 2.75) is 38.5 Å². The summed E-state index contributed by atoms with van der Waals surface area (Å²) in [6.07, 6.45) is 1.67. The van der Waals surface area contributed by atoms with Gasteiger partial charge in [0.25, 0.3) is 5.91 Å². The van der Waals surface area contributed by atoms with Gasteiger partial charge in [-0.25, -0.2) is 8.42 Å². The van der Waals surface area contributed by atoms with Crippen LogP contribution in [0.5, 0.6) is 5.75 Å². The molecular weight excluding hydrogens is 356 g/mol. The fraction of sp³-hybridized carbons (Fsp3) is 0.389. The molecule has 3 rings (SSSR count). The van der Waals surface area contributed by atoms with Crippen molar-refractivity contribution in [1.29, 1.82) is 0 Å². The number of anilines is 1. The number of sulfonamides is 1. The van der Waals surface area contributed by atoms with E-state index in [1.165, 1.54) is 22.5 Å².